The van der Waals surface area contributed by atoms with Crippen molar-refractivity contribution in [2.45, 2.75) is 38.3 Å². The first-order valence-corrected chi connectivity index (χ1v) is 6.96. The van der Waals surface area contributed by atoms with Gasteiger partial charge in [0.2, 0.25) is 0 Å². The van der Waals surface area contributed by atoms with E-state index in [2.05, 4.69) is 23.0 Å². The van der Waals surface area contributed by atoms with Crippen LogP contribution < -0.4 is 5.32 Å². The van der Waals surface area contributed by atoms with Gasteiger partial charge in [-0.1, -0.05) is 0 Å². The highest BCUT2D eigenvalue weighted by molar-refractivity contribution is 5.93. The Labute approximate surface area is 108 Å². The van der Waals surface area contributed by atoms with Crippen molar-refractivity contribution in [3.8, 4) is 0 Å². The van der Waals surface area contributed by atoms with Crippen LogP contribution in [-0.4, -0.2) is 41.1 Å². The number of nitrogens with zero attached hydrogens (tertiary/aromatic N) is 2. The molecule has 1 aromatic heterocycles. The lowest BCUT2D eigenvalue weighted by Gasteiger charge is -2.35. The molecule has 3 rings (SSSR count). The summed E-state index contributed by atoms with van der Waals surface area (Å²) in [4.78, 5) is 14.6. The minimum atomic E-state index is 0.195. The molecule has 4 heteroatoms. The third kappa shape index (κ3) is 1.94. The second-order valence-electron chi connectivity index (χ2n) is 5.44. The molecule has 0 spiro atoms. The standard InChI is InChI=1S/C14H21N3O/c1-11-10-15-7-9-16(11)14(18)13-6-3-8-17(13)12-4-2-5-12/h3,6,8,11-12,15H,2,4-5,7,9-10H2,1H3. The fourth-order valence-electron chi connectivity index (χ4n) is 2.85. The fourth-order valence-corrected chi connectivity index (χ4v) is 2.85. The normalized spacial score (nSPS) is 24.9. The summed E-state index contributed by atoms with van der Waals surface area (Å²) in [6, 6.07) is 4.81. The Bertz CT molecular complexity index is 436. The first-order valence-electron chi connectivity index (χ1n) is 6.96. The van der Waals surface area contributed by atoms with E-state index in [4.69, 9.17) is 0 Å². The van der Waals surface area contributed by atoms with Gasteiger partial charge >= 0.3 is 0 Å². The Morgan fingerprint density at radius 2 is 2.28 bits per heavy atom. The average Bonchev–Trinajstić information content (AvgIpc) is 2.75. The second kappa shape index (κ2) is 4.76. The first kappa shape index (κ1) is 11.8. The molecule has 98 valence electrons. The van der Waals surface area contributed by atoms with Crippen LogP contribution in [0.25, 0.3) is 0 Å². The summed E-state index contributed by atoms with van der Waals surface area (Å²) >= 11 is 0. The van der Waals surface area contributed by atoms with Gasteiger partial charge in [0.15, 0.2) is 0 Å². The molecular weight excluding hydrogens is 226 g/mol. The Morgan fingerprint density at radius 3 is 2.94 bits per heavy atom. The van der Waals surface area contributed by atoms with E-state index >= 15 is 0 Å². The van der Waals surface area contributed by atoms with Crippen LogP contribution in [0.5, 0.6) is 0 Å². The van der Waals surface area contributed by atoms with Crippen molar-refractivity contribution in [1.82, 2.24) is 14.8 Å². The monoisotopic (exact) mass is 247 g/mol. The number of piperazine rings is 1. The first-order chi connectivity index (χ1) is 8.77. The number of amides is 1. The molecule has 1 amide bonds. The lowest BCUT2D eigenvalue weighted by Crippen LogP contribution is -2.52. The Morgan fingerprint density at radius 1 is 1.44 bits per heavy atom. The van der Waals surface area contributed by atoms with Crippen LogP contribution in [-0.2, 0) is 0 Å². The smallest absolute Gasteiger partial charge is 0.270 e. The van der Waals surface area contributed by atoms with Crippen LogP contribution in [0.15, 0.2) is 18.3 Å². The number of carbonyl (C=O) groups is 1. The third-order valence-electron chi connectivity index (χ3n) is 4.23. The van der Waals surface area contributed by atoms with Gasteiger partial charge in [0, 0.05) is 37.9 Å². The molecule has 1 saturated carbocycles. The summed E-state index contributed by atoms with van der Waals surface area (Å²) in [5.41, 5.74) is 0.869. The maximum absolute atomic E-state index is 12.6. The zero-order valence-corrected chi connectivity index (χ0v) is 10.9. The predicted molar refractivity (Wildman–Crippen MR) is 70.7 cm³/mol. The van der Waals surface area contributed by atoms with Crippen LogP contribution >= 0.6 is 0 Å². The molecule has 1 aliphatic carbocycles. The number of aromatic nitrogens is 1. The minimum Gasteiger partial charge on any atom is -0.340 e. The molecule has 0 radical (unpaired) electrons. The van der Waals surface area contributed by atoms with Crippen molar-refractivity contribution >= 4 is 5.91 Å². The van der Waals surface area contributed by atoms with Gasteiger partial charge in [-0.25, -0.2) is 0 Å². The summed E-state index contributed by atoms with van der Waals surface area (Å²) in [5, 5.41) is 3.32. The third-order valence-corrected chi connectivity index (χ3v) is 4.23. The van der Waals surface area contributed by atoms with Crippen molar-refractivity contribution in [3.63, 3.8) is 0 Å². The van der Waals surface area contributed by atoms with Gasteiger partial charge in [0.1, 0.15) is 5.69 Å². The van der Waals surface area contributed by atoms with Crippen molar-refractivity contribution < 1.29 is 4.79 Å². The lowest BCUT2D eigenvalue weighted by molar-refractivity contribution is 0.0638. The predicted octanol–water partition coefficient (Wildman–Crippen LogP) is 1.65. The zero-order chi connectivity index (χ0) is 12.5. The molecule has 1 N–H and O–H groups in total. The molecule has 2 aliphatic rings. The number of nitrogens with one attached hydrogen (secondary N) is 1. The van der Waals surface area contributed by atoms with Gasteiger partial charge in [-0.15, -0.1) is 0 Å². The molecule has 1 saturated heterocycles. The number of hydrogen-bond donors (Lipinski definition) is 1. The molecule has 0 aromatic carbocycles. The second-order valence-corrected chi connectivity index (χ2v) is 5.44. The van der Waals surface area contributed by atoms with E-state index in [0.717, 1.165) is 25.3 Å². The maximum atomic E-state index is 12.6. The van der Waals surface area contributed by atoms with Crippen LogP contribution in [0.2, 0.25) is 0 Å². The van der Waals surface area contributed by atoms with Crippen molar-refractivity contribution in [3.05, 3.63) is 24.0 Å². The lowest BCUT2D eigenvalue weighted by atomic mass is 9.93. The van der Waals surface area contributed by atoms with E-state index < -0.39 is 0 Å². The van der Waals surface area contributed by atoms with Gasteiger partial charge < -0.3 is 14.8 Å². The van der Waals surface area contributed by atoms with Gasteiger partial charge in [-0.05, 0) is 38.3 Å². The van der Waals surface area contributed by atoms with E-state index in [9.17, 15) is 4.79 Å². The molecule has 1 aliphatic heterocycles. The average molecular weight is 247 g/mol. The Balaban J connectivity index is 1.80. The molecule has 2 fully saturated rings. The van der Waals surface area contributed by atoms with Crippen molar-refractivity contribution in [1.29, 1.82) is 0 Å². The zero-order valence-electron chi connectivity index (χ0n) is 10.9. The molecule has 4 nitrogen and oxygen atoms in total. The molecule has 0 bridgehead atoms. The molecule has 1 atom stereocenters. The molecule has 1 aromatic rings. The molecule has 1 unspecified atom stereocenters. The van der Waals surface area contributed by atoms with Crippen molar-refractivity contribution in [2.24, 2.45) is 0 Å². The van der Waals surface area contributed by atoms with Crippen LogP contribution in [0.1, 0.15) is 42.7 Å². The summed E-state index contributed by atoms with van der Waals surface area (Å²) in [7, 11) is 0. The molecule has 18 heavy (non-hydrogen) atoms. The van der Waals surface area contributed by atoms with Crippen LogP contribution in [0.4, 0.5) is 0 Å². The fraction of sp³-hybridized carbons (Fsp3) is 0.643. The summed E-state index contributed by atoms with van der Waals surface area (Å²) in [5.74, 6) is 0.195. The number of carbonyl (C=O) groups excluding carboxylic acids is 1. The van der Waals surface area contributed by atoms with Crippen LogP contribution in [0.3, 0.4) is 0 Å². The summed E-state index contributed by atoms with van der Waals surface area (Å²) in [6.07, 6.45) is 5.78. The van der Waals surface area contributed by atoms with E-state index in [1.807, 2.05) is 17.0 Å². The summed E-state index contributed by atoms with van der Waals surface area (Å²) in [6.45, 7) is 4.73. The van der Waals surface area contributed by atoms with Gasteiger partial charge in [0.05, 0.1) is 0 Å². The number of rotatable bonds is 2. The van der Waals surface area contributed by atoms with E-state index in [-0.39, 0.29) is 11.9 Å². The quantitative estimate of drug-likeness (QED) is 0.862. The molecular formula is C14H21N3O. The van der Waals surface area contributed by atoms with Crippen LogP contribution in [0, 0.1) is 0 Å². The minimum absolute atomic E-state index is 0.195. The largest absolute Gasteiger partial charge is 0.340 e. The van der Waals surface area contributed by atoms with Gasteiger partial charge in [0.25, 0.3) is 5.91 Å². The Hall–Kier alpha value is -1.29. The highest BCUT2D eigenvalue weighted by atomic mass is 16.2. The highest BCUT2D eigenvalue weighted by Gasteiger charge is 2.28. The maximum Gasteiger partial charge on any atom is 0.270 e. The van der Waals surface area contributed by atoms with E-state index in [1.54, 1.807) is 0 Å². The highest BCUT2D eigenvalue weighted by Crippen LogP contribution is 2.33. The SMILES string of the molecule is CC1CNCCN1C(=O)c1cccn1C1CCC1. The molecule has 2 heterocycles. The summed E-state index contributed by atoms with van der Waals surface area (Å²) < 4.78 is 2.18. The van der Waals surface area contributed by atoms with Gasteiger partial charge in [-0.3, -0.25) is 4.79 Å². The van der Waals surface area contributed by atoms with Gasteiger partial charge in [-0.2, -0.15) is 0 Å². The van der Waals surface area contributed by atoms with Crippen molar-refractivity contribution in [2.75, 3.05) is 19.6 Å². The Kier molecular flexibility index (Phi) is 3.12. The van der Waals surface area contributed by atoms with E-state index in [1.165, 1.54) is 19.3 Å². The number of hydrogen-bond acceptors (Lipinski definition) is 2. The topological polar surface area (TPSA) is 37.3 Å². The van der Waals surface area contributed by atoms with E-state index in [0.29, 0.717) is 6.04 Å².